The van der Waals surface area contributed by atoms with Crippen LogP contribution in [0, 0.1) is 10.1 Å². The molecule has 0 atom stereocenters. The van der Waals surface area contributed by atoms with E-state index in [0.717, 1.165) is 5.56 Å². The highest BCUT2D eigenvalue weighted by Crippen LogP contribution is 2.40. The van der Waals surface area contributed by atoms with Gasteiger partial charge < -0.3 is 23.8 Å². The highest BCUT2D eigenvalue weighted by molar-refractivity contribution is 5.78. The van der Waals surface area contributed by atoms with Crippen molar-refractivity contribution < 1.29 is 28.7 Å². The topological polar surface area (TPSA) is 104 Å². The lowest BCUT2D eigenvalue weighted by atomic mass is 10.1. The summed E-state index contributed by atoms with van der Waals surface area (Å²) in [6.45, 7) is 2.98. The minimum atomic E-state index is -0.395. The highest BCUT2D eigenvalue weighted by Gasteiger charge is 2.22. The number of nitro benzene ring substituents is 1. The number of carbonyl (C=O) groups excluding carboxylic acids is 1. The van der Waals surface area contributed by atoms with Gasteiger partial charge in [0.15, 0.2) is 18.1 Å². The van der Waals surface area contributed by atoms with E-state index in [2.05, 4.69) is 4.90 Å². The second kappa shape index (κ2) is 10.7. The third-order valence-electron chi connectivity index (χ3n) is 5.25. The average molecular weight is 445 g/mol. The maximum absolute atomic E-state index is 12.6. The molecule has 0 unspecified atom stereocenters. The Labute approximate surface area is 186 Å². The molecule has 1 aliphatic rings. The molecule has 0 N–H and O–H groups in total. The van der Waals surface area contributed by atoms with Crippen molar-refractivity contribution in [3.63, 3.8) is 0 Å². The Hall–Kier alpha value is -3.53. The molecule has 1 fully saturated rings. The molecule has 32 heavy (non-hydrogen) atoms. The van der Waals surface area contributed by atoms with Gasteiger partial charge in [-0.15, -0.1) is 0 Å². The second-order valence-corrected chi connectivity index (χ2v) is 7.23. The van der Waals surface area contributed by atoms with Gasteiger partial charge in [-0.3, -0.25) is 19.8 Å². The van der Waals surface area contributed by atoms with Gasteiger partial charge in [-0.2, -0.15) is 0 Å². The van der Waals surface area contributed by atoms with E-state index in [4.69, 9.17) is 18.9 Å². The second-order valence-electron chi connectivity index (χ2n) is 7.23. The van der Waals surface area contributed by atoms with Crippen molar-refractivity contribution in [1.82, 2.24) is 9.80 Å². The summed E-state index contributed by atoms with van der Waals surface area (Å²) in [6.07, 6.45) is 0. The number of hydrogen-bond acceptors (Lipinski definition) is 8. The number of non-ortho nitro benzene ring substituents is 1. The quantitative estimate of drug-likeness (QED) is 0.428. The third-order valence-corrected chi connectivity index (χ3v) is 5.25. The Kier molecular flexibility index (Phi) is 7.72. The number of nitro groups is 1. The lowest BCUT2D eigenvalue weighted by Crippen LogP contribution is -2.49. The molecule has 0 radical (unpaired) electrons. The van der Waals surface area contributed by atoms with E-state index in [0.29, 0.717) is 55.7 Å². The lowest BCUT2D eigenvalue weighted by Gasteiger charge is -2.34. The molecule has 0 aliphatic carbocycles. The van der Waals surface area contributed by atoms with Gasteiger partial charge in [0, 0.05) is 57.0 Å². The molecule has 1 amide bonds. The SMILES string of the molecule is COc1cc(OCC(=O)N2CCN(Cc3cccc([N+](=O)[O-])c3)CC2)cc(OC)c1OC. The van der Waals surface area contributed by atoms with E-state index in [-0.39, 0.29) is 18.2 Å². The maximum Gasteiger partial charge on any atom is 0.269 e. The zero-order valence-electron chi connectivity index (χ0n) is 18.4. The zero-order chi connectivity index (χ0) is 23.1. The zero-order valence-corrected chi connectivity index (χ0v) is 18.4. The van der Waals surface area contributed by atoms with Gasteiger partial charge in [0.05, 0.1) is 26.3 Å². The predicted molar refractivity (Wildman–Crippen MR) is 117 cm³/mol. The van der Waals surface area contributed by atoms with Crippen molar-refractivity contribution in [2.24, 2.45) is 0 Å². The molecule has 1 aliphatic heterocycles. The van der Waals surface area contributed by atoms with Gasteiger partial charge in [0.25, 0.3) is 11.6 Å². The molecule has 1 heterocycles. The first-order chi connectivity index (χ1) is 15.4. The minimum Gasteiger partial charge on any atom is -0.493 e. The molecule has 10 heteroatoms. The number of piperazine rings is 1. The summed E-state index contributed by atoms with van der Waals surface area (Å²) in [5.41, 5.74) is 0.963. The van der Waals surface area contributed by atoms with Crippen LogP contribution in [0.1, 0.15) is 5.56 Å². The molecular weight excluding hydrogens is 418 g/mol. The Bertz CT molecular complexity index is 933. The van der Waals surface area contributed by atoms with Crippen LogP contribution in [0.5, 0.6) is 23.0 Å². The summed E-state index contributed by atoms with van der Waals surface area (Å²) in [7, 11) is 4.54. The van der Waals surface area contributed by atoms with Crippen LogP contribution in [0.25, 0.3) is 0 Å². The third kappa shape index (κ3) is 5.58. The number of amides is 1. The van der Waals surface area contributed by atoms with Crippen LogP contribution in [-0.4, -0.2) is 74.7 Å². The molecule has 10 nitrogen and oxygen atoms in total. The number of methoxy groups -OCH3 is 3. The molecule has 0 spiro atoms. The number of nitrogens with zero attached hydrogens (tertiary/aromatic N) is 3. The molecular formula is C22H27N3O7. The van der Waals surface area contributed by atoms with Gasteiger partial charge in [-0.1, -0.05) is 12.1 Å². The molecule has 172 valence electrons. The standard InChI is InChI=1S/C22H27N3O7/c1-29-19-12-18(13-20(30-2)22(19)31-3)32-15-21(26)24-9-7-23(8-10-24)14-16-5-4-6-17(11-16)25(27)28/h4-6,11-13H,7-10,14-15H2,1-3H3. The first-order valence-corrected chi connectivity index (χ1v) is 10.1. The van der Waals surface area contributed by atoms with Crippen LogP contribution in [0.2, 0.25) is 0 Å². The predicted octanol–water partition coefficient (Wildman–Crippen LogP) is 2.34. The first-order valence-electron chi connectivity index (χ1n) is 10.1. The summed E-state index contributed by atoms with van der Waals surface area (Å²) >= 11 is 0. The number of rotatable bonds is 9. The molecule has 0 aromatic heterocycles. The Balaban J connectivity index is 1.52. The van der Waals surface area contributed by atoms with E-state index in [9.17, 15) is 14.9 Å². The fourth-order valence-corrected chi connectivity index (χ4v) is 3.56. The van der Waals surface area contributed by atoms with Crippen molar-refractivity contribution in [2.45, 2.75) is 6.54 Å². The lowest BCUT2D eigenvalue weighted by molar-refractivity contribution is -0.384. The van der Waals surface area contributed by atoms with E-state index in [1.165, 1.54) is 27.4 Å². The van der Waals surface area contributed by atoms with Gasteiger partial charge in [0.1, 0.15) is 5.75 Å². The Morgan fingerprint density at radius 3 is 2.22 bits per heavy atom. The minimum absolute atomic E-state index is 0.0836. The number of carbonyl (C=O) groups is 1. The summed E-state index contributed by atoms with van der Waals surface area (Å²) in [6, 6.07) is 9.91. The Morgan fingerprint density at radius 1 is 1.00 bits per heavy atom. The fourth-order valence-electron chi connectivity index (χ4n) is 3.56. The highest BCUT2D eigenvalue weighted by atomic mass is 16.6. The van der Waals surface area contributed by atoms with Crippen LogP contribution >= 0.6 is 0 Å². The van der Waals surface area contributed by atoms with Crippen LogP contribution < -0.4 is 18.9 Å². The molecule has 0 saturated carbocycles. The monoisotopic (exact) mass is 445 g/mol. The fraction of sp³-hybridized carbons (Fsp3) is 0.409. The van der Waals surface area contributed by atoms with Crippen LogP contribution in [0.3, 0.4) is 0 Å². The Morgan fingerprint density at radius 2 is 1.66 bits per heavy atom. The van der Waals surface area contributed by atoms with Crippen LogP contribution in [0.15, 0.2) is 36.4 Å². The molecule has 0 bridgehead atoms. The molecule has 1 saturated heterocycles. The number of hydrogen-bond donors (Lipinski definition) is 0. The van der Waals surface area contributed by atoms with Crippen molar-refractivity contribution in [2.75, 3.05) is 54.1 Å². The van der Waals surface area contributed by atoms with Crippen molar-refractivity contribution in [3.8, 4) is 23.0 Å². The van der Waals surface area contributed by atoms with E-state index in [1.54, 1.807) is 29.2 Å². The van der Waals surface area contributed by atoms with E-state index in [1.807, 2.05) is 6.07 Å². The van der Waals surface area contributed by atoms with Gasteiger partial charge in [-0.05, 0) is 5.56 Å². The largest absolute Gasteiger partial charge is 0.493 e. The summed E-state index contributed by atoms with van der Waals surface area (Å²) in [5, 5.41) is 10.9. The summed E-state index contributed by atoms with van der Waals surface area (Å²) < 4.78 is 21.6. The molecule has 2 aromatic rings. The molecule has 3 rings (SSSR count). The van der Waals surface area contributed by atoms with Crippen LogP contribution in [-0.2, 0) is 11.3 Å². The molecule has 2 aromatic carbocycles. The normalized spacial score (nSPS) is 14.0. The van der Waals surface area contributed by atoms with Gasteiger partial charge in [0.2, 0.25) is 5.75 Å². The van der Waals surface area contributed by atoms with Gasteiger partial charge >= 0.3 is 0 Å². The summed E-state index contributed by atoms with van der Waals surface area (Å²) in [5.74, 6) is 1.67. The van der Waals surface area contributed by atoms with Crippen molar-refractivity contribution in [3.05, 3.63) is 52.1 Å². The first kappa shape index (κ1) is 23.1. The van der Waals surface area contributed by atoms with Crippen molar-refractivity contribution in [1.29, 1.82) is 0 Å². The van der Waals surface area contributed by atoms with E-state index < -0.39 is 4.92 Å². The maximum atomic E-state index is 12.6. The van der Waals surface area contributed by atoms with Gasteiger partial charge in [-0.25, -0.2) is 0 Å². The smallest absolute Gasteiger partial charge is 0.269 e. The van der Waals surface area contributed by atoms with E-state index >= 15 is 0 Å². The van der Waals surface area contributed by atoms with Crippen LogP contribution in [0.4, 0.5) is 5.69 Å². The van der Waals surface area contributed by atoms with Crippen molar-refractivity contribution >= 4 is 11.6 Å². The summed E-state index contributed by atoms with van der Waals surface area (Å²) in [4.78, 5) is 27.1. The number of ether oxygens (including phenoxy) is 4. The number of benzene rings is 2. The average Bonchev–Trinajstić information content (AvgIpc) is 2.82.